The van der Waals surface area contributed by atoms with Gasteiger partial charge in [0.15, 0.2) is 5.96 Å². The zero-order valence-corrected chi connectivity index (χ0v) is 17.3. The van der Waals surface area contributed by atoms with Gasteiger partial charge in [0.05, 0.1) is 0 Å². The first-order chi connectivity index (χ1) is 10.2. The van der Waals surface area contributed by atoms with Crippen molar-refractivity contribution < 1.29 is 9.53 Å². The Balaban J connectivity index is 0.00000484. The van der Waals surface area contributed by atoms with Crippen LogP contribution < -0.4 is 5.32 Å². The van der Waals surface area contributed by atoms with Crippen molar-refractivity contribution in [2.75, 3.05) is 20.6 Å². The van der Waals surface area contributed by atoms with E-state index in [0.717, 1.165) is 5.56 Å². The molecule has 0 radical (unpaired) electrons. The van der Waals surface area contributed by atoms with E-state index < -0.39 is 5.60 Å². The molecule has 0 aliphatic carbocycles. The number of hydrogen-bond donors (Lipinski definition) is 1. The number of carbonyl (C=O) groups is 1. The number of hydrogen-bond acceptors (Lipinski definition) is 3. The van der Waals surface area contributed by atoms with Gasteiger partial charge in [-0.15, -0.1) is 24.0 Å². The Bertz CT molecular complexity index is 527. The van der Waals surface area contributed by atoms with E-state index in [4.69, 9.17) is 16.3 Å². The van der Waals surface area contributed by atoms with E-state index in [1.165, 1.54) is 0 Å². The van der Waals surface area contributed by atoms with Gasteiger partial charge in [0.25, 0.3) is 0 Å². The van der Waals surface area contributed by atoms with E-state index in [9.17, 15) is 4.79 Å². The Morgan fingerprint density at radius 1 is 1.30 bits per heavy atom. The first-order valence-corrected chi connectivity index (χ1v) is 7.47. The molecule has 0 heterocycles. The quantitative estimate of drug-likeness (QED) is 0.329. The number of rotatable bonds is 4. The normalized spacial score (nSPS) is 11.5. The van der Waals surface area contributed by atoms with Crippen LogP contribution in [0.15, 0.2) is 29.3 Å². The van der Waals surface area contributed by atoms with Gasteiger partial charge in [0.2, 0.25) is 0 Å². The summed E-state index contributed by atoms with van der Waals surface area (Å²) >= 11 is 5.87. The molecule has 23 heavy (non-hydrogen) atoms. The van der Waals surface area contributed by atoms with Crippen molar-refractivity contribution in [3.8, 4) is 0 Å². The minimum atomic E-state index is -0.489. The third-order valence-electron chi connectivity index (χ3n) is 2.72. The number of guanidine groups is 1. The standard InChI is InChI=1S/C16H24ClN3O2.HI/c1-16(2,3)22-14(21)10-19-15(18-4)20(5)11-12-6-8-13(17)9-7-12;/h6-9H,10-11H2,1-5H3,(H,18,19);1H. The van der Waals surface area contributed by atoms with Crippen LogP contribution in [0.3, 0.4) is 0 Å². The Morgan fingerprint density at radius 2 is 1.87 bits per heavy atom. The van der Waals surface area contributed by atoms with Crippen LogP contribution in [0, 0.1) is 0 Å². The Hall–Kier alpha value is -1.02. The average Bonchev–Trinajstić information content (AvgIpc) is 2.40. The van der Waals surface area contributed by atoms with Crippen LogP contribution in [0.4, 0.5) is 0 Å². The molecule has 0 amide bonds. The minimum Gasteiger partial charge on any atom is -0.459 e. The van der Waals surface area contributed by atoms with E-state index >= 15 is 0 Å². The van der Waals surface area contributed by atoms with E-state index in [0.29, 0.717) is 17.5 Å². The smallest absolute Gasteiger partial charge is 0.325 e. The molecule has 1 rings (SSSR count). The molecule has 1 aromatic carbocycles. The lowest BCUT2D eigenvalue weighted by Crippen LogP contribution is -2.42. The molecule has 130 valence electrons. The second-order valence-electron chi connectivity index (χ2n) is 5.97. The molecule has 1 aromatic rings. The third-order valence-corrected chi connectivity index (χ3v) is 2.97. The van der Waals surface area contributed by atoms with Gasteiger partial charge in [0.1, 0.15) is 12.1 Å². The molecule has 1 N–H and O–H groups in total. The maximum absolute atomic E-state index is 11.7. The lowest BCUT2D eigenvalue weighted by Gasteiger charge is -2.23. The van der Waals surface area contributed by atoms with Crippen molar-refractivity contribution in [2.24, 2.45) is 4.99 Å². The van der Waals surface area contributed by atoms with Gasteiger partial charge in [-0.2, -0.15) is 0 Å². The van der Waals surface area contributed by atoms with Crippen LogP contribution in [-0.4, -0.2) is 43.1 Å². The Kier molecular flexibility index (Phi) is 9.53. The summed E-state index contributed by atoms with van der Waals surface area (Å²) in [4.78, 5) is 17.8. The van der Waals surface area contributed by atoms with E-state index in [1.54, 1.807) is 7.05 Å². The maximum atomic E-state index is 11.7. The number of ether oxygens (including phenoxy) is 1. The number of aliphatic imine (C=N–C) groups is 1. The predicted octanol–water partition coefficient (Wildman–Crippen LogP) is 3.31. The summed E-state index contributed by atoms with van der Waals surface area (Å²) in [6.07, 6.45) is 0. The molecule has 0 aliphatic heterocycles. The second kappa shape index (κ2) is 9.97. The van der Waals surface area contributed by atoms with Gasteiger partial charge in [0, 0.05) is 25.7 Å². The highest BCUT2D eigenvalue weighted by Gasteiger charge is 2.17. The van der Waals surface area contributed by atoms with Gasteiger partial charge < -0.3 is 15.0 Å². The molecule has 0 bridgehead atoms. The lowest BCUT2D eigenvalue weighted by atomic mass is 10.2. The van der Waals surface area contributed by atoms with Crippen LogP contribution >= 0.6 is 35.6 Å². The topological polar surface area (TPSA) is 53.9 Å². The first-order valence-electron chi connectivity index (χ1n) is 7.09. The van der Waals surface area contributed by atoms with Crippen LogP contribution in [-0.2, 0) is 16.1 Å². The van der Waals surface area contributed by atoms with E-state index in [1.807, 2.05) is 57.0 Å². The zero-order chi connectivity index (χ0) is 16.8. The Labute approximate surface area is 160 Å². The highest BCUT2D eigenvalue weighted by molar-refractivity contribution is 14.0. The number of benzene rings is 1. The predicted molar refractivity (Wildman–Crippen MR) is 106 cm³/mol. The summed E-state index contributed by atoms with van der Waals surface area (Å²) in [5.74, 6) is 0.314. The second-order valence-corrected chi connectivity index (χ2v) is 6.41. The van der Waals surface area contributed by atoms with Gasteiger partial charge in [-0.1, -0.05) is 23.7 Å². The monoisotopic (exact) mass is 453 g/mol. The number of carbonyl (C=O) groups excluding carboxylic acids is 1. The molecule has 0 unspecified atom stereocenters. The highest BCUT2D eigenvalue weighted by Crippen LogP contribution is 2.11. The van der Waals surface area contributed by atoms with Crippen molar-refractivity contribution >= 4 is 47.5 Å². The molecule has 5 nitrogen and oxygen atoms in total. The number of nitrogens with zero attached hydrogens (tertiary/aromatic N) is 2. The van der Waals surface area contributed by atoms with Crippen LogP contribution in [0.25, 0.3) is 0 Å². The molecule has 0 atom stereocenters. The minimum absolute atomic E-state index is 0. The van der Waals surface area contributed by atoms with Crippen molar-refractivity contribution in [2.45, 2.75) is 32.9 Å². The summed E-state index contributed by atoms with van der Waals surface area (Å²) in [7, 11) is 3.58. The molecule has 0 fully saturated rings. The average molecular weight is 454 g/mol. The molecular weight excluding hydrogens is 429 g/mol. The highest BCUT2D eigenvalue weighted by atomic mass is 127. The van der Waals surface area contributed by atoms with Gasteiger partial charge in [-0.3, -0.25) is 9.79 Å². The molecule has 0 aromatic heterocycles. The summed E-state index contributed by atoms with van der Waals surface area (Å²) in [5, 5.41) is 3.71. The van der Waals surface area contributed by atoms with Gasteiger partial charge in [-0.25, -0.2) is 0 Å². The number of nitrogens with one attached hydrogen (secondary N) is 1. The number of esters is 1. The van der Waals surface area contributed by atoms with Crippen LogP contribution in [0.2, 0.25) is 5.02 Å². The summed E-state index contributed by atoms with van der Waals surface area (Å²) in [6, 6.07) is 7.61. The van der Waals surface area contributed by atoms with Crippen LogP contribution in [0.1, 0.15) is 26.3 Å². The number of halogens is 2. The fourth-order valence-corrected chi connectivity index (χ4v) is 1.98. The molecule has 0 aliphatic rings. The molecule has 0 spiro atoms. The maximum Gasteiger partial charge on any atom is 0.325 e. The molecular formula is C16H25ClIN3O2. The van der Waals surface area contributed by atoms with Crippen LogP contribution in [0.5, 0.6) is 0 Å². The molecule has 0 saturated heterocycles. The van der Waals surface area contributed by atoms with Crippen molar-refractivity contribution in [1.29, 1.82) is 0 Å². The largest absolute Gasteiger partial charge is 0.459 e. The Morgan fingerprint density at radius 3 is 2.35 bits per heavy atom. The fraction of sp³-hybridized carbons (Fsp3) is 0.500. The lowest BCUT2D eigenvalue weighted by molar-refractivity contribution is -0.153. The van der Waals surface area contributed by atoms with Gasteiger partial charge in [-0.05, 0) is 38.5 Å². The van der Waals surface area contributed by atoms with Gasteiger partial charge >= 0.3 is 5.97 Å². The summed E-state index contributed by atoms with van der Waals surface area (Å²) in [6.45, 7) is 6.26. The summed E-state index contributed by atoms with van der Waals surface area (Å²) in [5.41, 5.74) is 0.615. The van der Waals surface area contributed by atoms with Crippen molar-refractivity contribution in [3.63, 3.8) is 0 Å². The van der Waals surface area contributed by atoms with Crippen molar-refractivity contribution in [1.82, 2.24) is 10.2 Å². The van der Waals surface area contributed by atoms with Crippen molar-refractivity contribution in [3.05, 3.63) is 34.9 Å². The fourth-order valence-electron chi connectivity index (χ4n) is 1.85. The molecule has 7 heteroatoms. The first kappa shape index (κ1) is 22.0. The zero-order valence-electron chi connectivity index (χ0n) is 14.2. The summed E-state index contributed by atoms with van der Waals surface area (Å²) < 4.78 is 5.25. The third kappa shape index (κ3) is 9.00. The van der Waals surface area contributed by atoms with E-state index in [-0.39, 0.29) is 36.5 Å². The molecule has 0 saturated carbocycles. The van der Waals surface area contributed by atoms with E-state index in [2.05, 4.69) is 10.3 Å². The SMILES string of the molecule is CN=C(NCC(=O)OC(C)(C)C)N(C)Cc1ccc(Cl)cc1.I.